The normalized spacial score (nSPS) is 20.3. The van der Waals surface area contributed by atoms with Crippen molar-refractivity contribution in [3.8, 4) is 6.07 Å². The predicted octanol–water partition coefficient (Wildman–Crippen LogP) is 2.71. The molecule has 0 saturated carbocycles. The second-order valence-corrected chi connectivity index (χ2v) is 4.47. The topological polar surface area (TPSA) is 27.0 Å². The molecule has 1 fully saturated rings. The fourth-order valence-electron chi connectivity index (χ4n) is 2.15. The SMILES string of the molecule is Cc1ccc(C#N)c(N2CCC(C)C2)c1. The molecular weight excluding hydrogens is 184 g/mol. The summed E-state index contributed by atoms with van der Waals surface area (Å²) in [7, 11) is 0. The maximum Gasteiger partial charge on any atom is 0.101 e. The van der Waals surface area contributed by atoms with Crippen LogP contribution < -0.4 is 4.90 Å². The zero-order valence-corrected chi connectivity index (χ0v) is 9.33. The molecule has 78 valence electrons. The maximum atomic E-state index is 9.06. The number of hydrogen-bond acceptors (Lipinski definition) is 2. The van der Waals surface area contributed by atoms with E-state index in [0.717, 1.165) is 30.3 Å². The summed E-state index contributed by atoms with van der Waals surface area (Å²) < 4.78 is 0. The van der Waals surface area contributed by atoms with Gasteiger partial charge in [0.15, 0.2) is 0 Å². The van der Waals surface area contributed by atoms with E-state index in [4.69, 9.17) is 5.26 Å². The first-order valence-corrected chi connectivity index (χ1v) is 5.46. The quantitative estimate of drug-likeness (QED) is 0.697. The summed E-state index contributed by atoms with van der Waals surface area (Å²) in [5, 5.41) is 9.06. The predicted molar refractivity (Wildman–Crippen MR) is 61.9 cm³/mol. The minimum Gasteiger partial charge on any atom is -0.370 e. The molecule has 0 aromatic heterocycles. The summed E-state index contributed by atoms with van der Waals surface area (Å²) in [6, 6.07) is 8.32. The number of rotatable bonds is 1. The summed E-state index contributed by atoms with van der Waals surface area (Å²) in [5.74, 6) is 0.747. The Balaban J connectivity index is 2.34. The van der Waals surface area contributed by atoms with Crippen molar-refractivity contribution >= 4 is 5.69 Å². The Morgan fingerprint density at radius 1 is 1.47 bits per heavy atom. The Morgan fingerprint density at radius 3 is 2.87 bits per heavy atom. The molecule has 0 spiro atoms. The van der Waals surface area contributed by atoms with Crippen molar-refractivity contribution in [2.24, 2.45) is 5.92 Å². The highest BCUT2D eigenvalue weighted by Crippen LogP contribution is 2.27. The van der Waals surface area contributed by atoms with Gasteiger partial charge in [-0.2, -0.15) is 5.26 Å². The van der Waals surface area contributed by atoms with Crippen molar-refractivity contribution in [3.05, 3.63) is 29.3 Å². The molecule has 0 N–H and O–H groups in total. The van der Waals surface area contributed by atoms with Crippen LogP contribution >= 0.6 is 0 Å². The third-order valence-electron chi connectivity index (χ3n) is 3.04. The lowest BCUT2D eigenvalue weighted by Gasteiger charge is -2.20. The van der Waals surface area contributed by atoms with Crippen LogP contribution in [0.15, 0.2) is 18.2 Å². The van der Waals surface area contributed by atoms with E-state index in [2.05, 4.69) is 30.9 Å². The van der Waals surface area contributed by atoms with Gasteiger partial charge in [0, 0.05) is 13.1 Å². The molecule has 15 heavy (non-hydrogen) atoms. The zero-order valence-electron chi connectivity index (χ0n) is 9.33. The van der Waals surface area contributed by atoms with E-state index in [0.29, 0.717) is 0 Å². The molecule has 1 unspecified atom stereocenters. The summed E-state index contributed by atoms with van der Waals surface area (Å²) >= 11 is 0. The smallest absolute Gasteiger partial charge is 0.101 e. The number of benzene rings is 1. The number of nitriles is 1. The second kappa shape index (κ2) is 3.94. The van der Waals surface area contributed by atoms with Gasteiger partial charge in [-0.1, -0.05) is 13.0 Å². The summed E-state index contributed by atoms with van der Waals surface area (Å²) in [4.78, 5) is 2.33. The third-order valence-corrected chi connectivity index (χ3v) is 3.04. The standard InChI is InChI=1S/C13H16N2/c1-10-3-4-12(8-14)13(7-10)15-6-5-11(2)9-15/h3-4,7,11H,5-6,9H2,1-2H3. The monoisotopic (exact) mass is 200 g/mol. The lowest BCUT2D eigenvalue weighted by atomic mass is 10.1. The molecule has 2 heteroatoms. The fraction of sp³-hybridized carbons (Fsp3) is 0.462. The van der Waals surface area contributed by atoms with Crippen molar-refractivity contribution in [2.75, 3.05) is 18.0 Å². The number of hydrogen-bond donors (Lipinski definition) is 0. The molecule has 1 atom stereocenters. The minimum absolute atomic E-state index is 0.747. The zero-order chi connectivity index (χ0) is 10.8. The van der Waals surface area contributed by atoms with Gasteiger partial charge in [0.25, 0.3) is 0 Å². The molecular formula is C13H16N2. The second-order valence-electron chi connectivity index (χ2n) is 4.47. The van der Waals surface area contributed by atoms with Crippen LogP contribution in [0.1, 0.15) is 24.5 Å². The fourth-order valence-corrected chi connectivity index (χ4v) is 2.15. The molecule has 0 bridgehead atoms. The highest BCUT2D eigenvalue weighted by molar-refractivity contribution is 5.61. The van der Waals surface area contributed by atoms with Gasteiger partial charge in [-0.3, -0.25) is 0 Å². The first kappa shape index (κ1) is 10.0. The molecule has 1 saturated heterocycles. The van der Waals surface area contributed by atoms with Gasteiger partial charge in [0.2, 0.25) is 0 Å². The Bertz CT molecular complexity index is 403. The molecule has 0 amide bonds. The molecule has 1 aromatic rings. The maximum absolute atomic E-state index is 9.06. The van der Waals surface area contributed by atoms with Crippen molar-refractivity contribution < 1.29 is 0 Å². The Kier molecular flexibility index (Phi) is 2.64. The van der Waals surface area contributed by atoms with Gasteiger partial charge >= 0.3 is 0 Å². The molecule has 0 aliphatic carbocycles. The van der Waals surface area contributed by atoms with Crippen molar-refractivity contribution in [2.45, 2.75) is 20.3 Å². The number of nitrogens with zero attached hydrogens (tertiary/aromatic N) is 2. The third kappa shape index (κ3) is 1.97. The molecule has 1 aliphatic rings. The van der Waals surface area contributed by atoms with Gasteiger partial charge < -0.3 is 4.90 Å². The molecule has 2 rings (SSSR count). The van der Waals surface area contributed by atoms with E-state index in [1.54, 1.807) is 0 Å². The van der Waals surface area contributed by atoms with E-state index < -0.39 is 0 Å². The molecule has 2 nitrogen and oxygen atoms in total. The van der Waals surface area contributed by atoms with Crippen LogP contribution in [-0.4, -0.2) is 13.1 Å². The summed E-state index contributed by atoms with van der Waals surface area (Å²) in [6.45, 7) is 6.50. The summed E-state index contributed by atoms with van der Waals surface area (Å²) in [5.41, 5.74) is 3.14. The van der Waals surface area contributed by atoms with Gasteiger partial charge in [0.1, 0.15) is 6.07 Å². The lowest BCUT2D eigenvalue weighted by molar-refractivity contribution is 0.659. The molecule has 1 aliphatic heterocycles. The van der Waals surface area contributed by atoms with Crippen LogP contribution in [-0.2, 0) is 0 Å². The Labute approximate surface area is 91.1 Å². The van der Waals surface area contributed by atoms with Crippen LogP contribution in [0.4, 0.5) is 5.69 Å². The van der Waals surface area contributed by atoms with Crippen LogP contribution in [0, 0.1) is 24.2 Å². The van der Waals surface area contributed by atoms with E-state index in [-0.39, 0.29) is 0 Å². The van der Waals surface area contributed by atoms with E-state index in [9.17, 15) is 0 Å². The van der Waals surface area contributed by atoms with Gasteiger partial charge in [-0.25, -0.2) is 0 Å². The Hall–Kier alpha value is -1.49. The van der Waals surface area contributed by atoms with Crippen molar-refractivity contribution in [1.29, 1.82) is 5.26 Å². The van der Waals surface area contributed by atoms with E-state index in [1.165, 1.54) is 12.0 Å². The average molecular weight is 200 g/mol. The average Bonchev–Trinajstić information content (AvgIpc) is 2.65. The highest BCUT2D eigenvalue weighted by atomic mass is 15.1. The lowest BCUT2D eigenvalue weighted by Crippen LogP contribution is -2.20. The van der Waals surface area contributed by atoms with Crippen LogP contribution in [0.2, 0.25) is 0 Å². The summed E-state index contributed by atoms with van der Waals surface area (Å²) in [6.07, 6.45) is 1.23. The largest absolute Gasteiger partial charge is 0.370 e. The number of anilines is 1. The highest BCUT2D eigenvalue weighted by Gasteiger charge is 2.20. The Morgan fingerprint density at radius 2 is 2.27 bits per heavy atom. The van der Waals surface area contributed by atoms with Crippen molar-refractivity contribution in [3.63, 3.8) is 0 Å². The minimum atomic E-state index is 0.747. The van der Waals surface area contributed by atoms with Gasteiger partial charge in [-0.15, -0.1) is 0 Å². The van der Waals surface area contributed by atoms with E-state index in [1.807, 2.05) is 12.1 Å². The first-order valence-electron chi connectivity index (χ1n) is 5.46. The van der Waals surface area contributed by atoms with Crippen LogP contribution in [0.5, 0.6) is 0 Å². The van der Waals surface area contributed by atoms with Crippen LogP contribution in [0.25, 0.3) is 0 Å². The number of aryl methyl sites for hydroxylation is 1. The van der Waals surface area contributed by atoms with Crippen molar-refractivity contribution in [1.82, 2.24) is 0 Å². The van der Waals surface area contributed by atoms with Crippen LogP contribution in [0.3, 0.4) is 0 Å². The molecule has 1 heterocycles. The molecule has 0 radical (unpaired) electrons. The van der Waals surface area contributed by atoms with Gasteiger partial charge in [-0.05, 0) is 37.0 Å². The first-order chi connectivity index (χ1) is 7.20. The van der Waals surface area contributed by atoms with Gasteiger partial charge in [0.05, 0.1) is 11.3 Å². The van der Waals surface area contributed by atoms with E-state index >= 15 is 0 Å². The molecule has 1 aromatic carbocycles.